The Hall–Kier alpha value is -1.08. The molecule has 0 aromatic carbocycles. The van der Waals surface area contributed by atoms with Crippen molar-refractivity contribution in [2.75, 3.05) is 20.6 Å². The molecule has 0 spiro atoms. The number of amides is 1. The molecule has 0 aromatic rings. The second-order valence-corrected chi connectivity index (χ2v) is 5.47. The van der Waals surface area contributed by atoms with Crippen molar-refractivity contribution in [1.29, 1.82) is 5.26 Å². The summed E-state index contributed by atoms with van der Waals surface area (Å²) in [6.45, 7) is 8.73. The van der Waals surface area contributed by atoms with Gasteiger partial charge in [0.05, 0.1) is 6.07 Å². The molecule has 0 saturated carbocycles. The highest BCUT2D eigenvalue weighted by Gasteiger charge is 2.25. The molecule has 2 unspecified atom stereocenters. The van der Waals surface area contributed by atoms with Crippen molar-refractivity contribution >= 4 is 5.91 Å². The van der Waals surface area contributed by atoms with Gasteiger partial charge in [-0.25, -0.2) is 0 Å². The van der Waals surface area contributed by atoms with Crippen LogP contribution in [0, 0.1) is 29.1 Å². The topological polar surface area (TPSA) is 56.1 Å². The number of hydrogen-bond donors (Lipinski definition) is 1. The number of rotatable bonds is 6. The van der Waals surface area contributed by atoms with Gasteiger partial charge < -0.3 is 10.2 Å². The molecule has 0 aliphatic rings. The predicted octanol–water partition coefficient (Wildman–Crippen LogP) is 1.48. The maximum absolute atomic E-state index is 12.0. The van der Waals surface area contributed by atoms with Crippen molar-refractivity contribution in [1.82, 2.24) is 10.2 Å². The summed E-state index contributed by atoms with van der Waals surface area (Å²) in [5, 5.41) is 12.0. The summed E-state index contributed by atoms with van der Waals surface area (Å²) < 4.78 is 0. The van der Waals surface area contributed by atoms with Crippen LogP contribution < -0.4 is 5.32 Å². The van der Waals surface area contributed by atoms with Crippen molar-refractivity contribution in [2.45, 2.75) is 33.7 Å². The van der Waals surface area contributed by atoms with Gasteiger partial charge in [-0.3, -0.25) is 4.79 Å². The summed E-state index contributed by atoms with van der Waals surface area (Å²) in [7, 11) is 3.96. The lowest BCUT2D eigenvalue weighted by molar-refractivity contribution is -0.125. The van der Waals surface area contributed by atoms with E-state index in [-0.39, 0.29) is 17.9 Å². The van der Waals surface area contributed by atoms with E-state index in [9.17, 15) is 4.79 Å². The van der Waals surface area contributed by atoms with Gasteiger partial charge in [-0.1, -0.05) is 27.7 Å². The molecule has 0 aliphatic carbocycles. The highest BCUT2D eigenvalue weighted by atomic mass is 16.2. The predicted molar refractivity (Wildman–Crippen MR) is 69.3 cm³/mol. The Labute approximate surface area is 105 Å². The van der Waals surface area contributed by atoms with Crippen LogP contribution in [-0.2, 0) is 4.79 Å². The lowest BCUT2D eigenvalue weighted by atomic mass is 9.95. The zero-order chi connectivity index (χ0) is 13.6. The van der Waals surface area contributed by atoms with E-state index in [0.29, 0.717) is 5.92 Å². The third-order valence-electron chi connectivity index (χ3n) is 2.78. The highest BCUT2D eigenvalue weighted by Crippen LogP contribution is 2.11. The minimum atomic E-state index is -0.557. The first kappa shape index (κ1) is 15.9. The Morgan fingerprint density at radius 3 is 2.06 bits per heavy atom. The van der Waals surface area contributed by atoms with Crippen LogP contribution in [0.5, 0.6) is 0 Å². The van der Waals surface area contributed by atoms with E-state index in [1.807, 2.05) is 32.8 Å². The number of carbonyl (C=O) groups is 1. The van der Waals surface area contributed by atoms with Crippen LogP contribution >= 0.6 is 0 Å². The minimum absolute atomic E-state index is 0.0483. The number of nitrogens with one attached hydrogen (secondary N) is 1. The smallest absolute Gasteiger partial charge is 0.237 e. The van der Waals surface area contributed by atoms with E-state index in [1.54, 1.807) is 0 Å². The first-order chi connectivity index (χ1) is 7.79. The van der Waals surface area contributed by atoms with E-state index in [4.69, 9.17) is 5.26 Å². The molecule has 98 valence electrons. The second kappa shape index (κ2) is 7.29. The Morgan fingerprint density at radius 2 is 1.76 bits per heavy atom. The molecule has 0 heterocycles. The van der Waals surface area contributed by atoms with Crippen LogP contribution in [0.15, 0.2) is 0 Å². The largest absolute Gasteiger partial charge is 0.351 e. The zero-order valence-corrected chi connectivity index (χ0v) is 11.8. The van der Waals surface area contributed by atoms with Gasteiger partial charge >= 0.3 is 0 Å². The fraction of sp³-hybridized carbons (Fsp3) is 0.846. The molecular formula is C13H25N3O. The Balaban J connectivity index is 4.55. The molecule has 4 nitrogen and oxygen atoms in total. The lowest BCUT2D eigenvalue weighted by Gasteiger charge is -2.27. The molecule has 0 radical (unpaired) electrons. The van der Waals surface area contributed by atoms with Crippen molar-refractivity contribution < 1.29 is 4.79 Å². The van der Waals surface area contributed by atoms with Crippen molar-refractivity contribution in [2.24, 2.45) is 17.8 Å². The monoisotopic (exact) mass is 239 g/mol. The average Bonchev–Trinajstić information content (AvgIpc) is 2.15. The Morgan fingerprint density at radius 1 is 1.24 bits per heavy atom. The molecule has 0 aromatic heterocycles. The molecule has 1 amide bonds. The maximum Gasteiger partial charge on any atom is 0.237 e. The van der Waals surface area contributed by atoms with E-state index < -0.39 is 5.92 Å². The zero-order valence-electron chi connectivity index (χ0n) is 11.8. The van der Waals surface area contributed by atoms with Gasteiger partial charge in [-0.2, -0.15) is 5.26 Å². The minimum Gasteiger partial charge on any atom is -0.351 e. The fourth-order valence-electron chi connectivity index (χ4n) is 1.60. The first-order valence-corrected chi connectivity index (χ1v) is 6.14. The second-order valence-electron chi connectivity index (χ2n) is 5.47. The van der Waals surface area contributed by atoms with Crippen molar-refractivity contribution in [3.63, 3.8) is 0 Å². The molecule has 0 aliphatic heterocycles. The van der Waals surface area contributed by atoms with Crippen molar-refractivity contribution in [3.05, 3.63) is 0 Å². The standard InChI is InChI=1S/C13H25N3O/c1-9(2)11(7-14)13(17)15-12(10(3)4)8-16(5)6/h9-12H,8H2,1-6H3,(H,15,17). The molecule has 17 heavy (non-hydrogen) atoms. The highest BCUT2D eigenvalue weighted by molar-refractivity contribution is 5.81. The summed E-state index contributed by atoms with van der Waals surface area (Å²) in [4.78, 5) is 14.0. The first-order valence-electron chi connectivity index (χ1n) is 6.14. The SMILES string of the molecule is CC(C)C(CN(C)C)NC(=O)C(C#N)C(C)C. The fourth-order valence-corrected chi connectivity index (χ4v) is 1.60. The molecule has 4 heteroatoms. The van der Waals surface area contributed by atoms with Crippen molar-refractivity contribution in [3.8, 4) is 6.07 Å². The summed E-state index contributed by atoms with van der Waals surface area (Å²) in [5.41, 5.74) is 0. The Kier molecular flexibility index (Phi) is 6.82. The lowest BCUT2D eigenvalue weighted by Crippen LogP contribution is -2.47. The van der Waals surface area contributed by atoms with Gasteiger partial charge in [-0.15, -0.1) is 0 Å². The summed E-state index contributed by atoms with van der Waals surface area (Å²) in [6.07, 6.45) is 0. The Bertz CT molecular complexity index is 279. The number of hydrogen-bond acceptors (Lipinski definition) is 3. The average molecular weight is 239 g/mol. The van der Waals surface area contributed by atoms with E-state index >= 15 is 0 Å². The molecular weight excluding hydrogens is 214 g/mol. The van der Waals surface area contributed by atoms with Crippen LogP contribution in [0.25, 0.3) is 0 Å². The molecule has 0 fully saturated rings. The maximum atomic E-state index is 12.0. The van der Waals surface area contributed by atoms with Gasteiger partial charge in [0.1, 0.15) is 5.92 Å². The van der Waals surface area contributed by atoms with Gasteiger partial charge in [0.25, 0.3) is 0 Å². The number of likely N-dealkylation sites (N-methyl/N-ethyl adjacent to an activating group) is 1. The number of nitrogens with zero attached hydrogens (tertiary/aromatic N) is 2. The number of nitriles is 1. The van der Waals surface area contributed by atoms with Crippen LogP contribution in [0.4, 0.5) is 0 Å². The normalized spacial score (nSPS) is 14.8. The molecule has 0 bridgehead atoms. The summed E-state index contributed by atoms with van der Waals surface area (Å²) in [5.74, 6) is -0.304. The van der Waals surface area contributed by atoms with E-state index in [2.05, 4.69) is 25.2 Å². The van der Waals surface area contributed by atoms with E-state index in [0.717, 1.165) is 6.54 Å². The number of carbonyl (C=O) groups excluding carboxylic acids is 1. The third kappa shape index (κ3) is 5.69. The van der Waals surface area contributed by atoms with Gasteiger partial charge in [-0.05, 0) is 25.9 Å². The van der Waals surface area contributed by atoms with Gasteiger partial charge in [0.2, 0.25) is 5.91 Å². The summed E-state index contributed by atoms with van der Waals surface area (Å²) in [6, 6.07) is 2.16. The summed E-state index contributed by atoms with van der Waals surface area (Å²) >= 11 is 0. The third-order valence-corrected chi connectivity index (χ3v) is 2.78. The molecule has 0 saturated heterocycles. The van der Waals surface area contributed by atoms with Gasteiger partial charge in [0, 0.05) is 12.6 Å². The van der Waals surface area contributed by atoms with Crippen LogP contribution in [0.3, 0.4) is 0 Å². The quantitative estimate of drug-likeness (QED) is 0.764. The van der Waals surface area contributed by atoms with Crippen LogP contribution in [0.2, 0.25) is 0 Å². The van der Waals surface area contributed by atoms with Crippen LogP contribution in [0.1, 0.15) is 27.7 Å². The van der Waals surface area contributed by atoms with E-state index in [1.165, 1.54) is 0 Å². The molecule has 2 atom stereocenters. The molecule has 1 N–H and O–H groups in total. The molecule has 0 rings (SSSR count). The van der Waals surface area contributed by atoms with Crippen LogP contribution in [-0.4, -0.2) is 37.5 Å². The van der Waals surface area contributed by atoms with Gasteiger partial charge in [0.15, 0.2) is 0 Å².